The van der Waals surface area contributed by atoms with Gasteiger partial charge in [-0.15, -0.1) is 23.1 Å². The molecule has 0 radical (unpaired) electrons. The number of nitrogens with zero attached hydrogens (tertiary/aromatic N) is 2. The van der Waals surface area contributed by atoms with Gasteiger partial charge in [-0.3, -0.25) is 0 Å². The van der Waals surface area contributed by atoms with E-state index >= 15 is 0 Å². The van der Waals surface area contributed by atoms with Gasteiger partial charge in [-0.2, -0.15) is 0 Å². The van der Waals surface area contributed by atoms with Gasteiger partial charge in [0.05, 0.1) is 12.4 Å². The van der Waals surface area contributed by atoms with Crippen molar-refractivity contribution in [3.8, 4) is 16.9 Å². The van der Waals surface area contributed by atoms with Crippen LogP contribution in [-0.4, -0.2) is 16.3 Å². The molecular formula is C17H13F3N2O2. The van der Waals surface area contributed by atoms with Gasteiger partial charge >= 0.3 is 6.36 Å². The molecule has 4 nitrogen and oxygen atoms in total. The van der Waals surface area contributed by atoms with Crippen LogP contribution in [0, 0.1) is 0 Å². The molecular weight excluding hydrogens is 321 g/mol. The van der Waals surface area contributed by atoms with Crippen molar-refractivity contribution in [1.29, 1.82) is 0 Å². The molecule has 2 aromatic carbocycles. The summed E-state index contributed by atoms with van der Waals surface area (Å²) in [5.41, 5.74) is 2.43. The molecule has 0 atom stereocenters. The molecule has 0 N–H and O–H groups in total. The van der Waals surface area contributed by atoms with Gasteiger partial charge < -0.3 is 9.57 Å². The maximum absolute atomic E-state index is 12.1. The molecule has 0 spiro atoms. The zero-order valence-corrected chi connectivity index (χ0v) is 12.4. The molecule has 1 heterocycles. The minimum atomic E-state index is -4.70. The number of halogens is 3. The average molecular weight is 334 g/mol. The van der Waals surface area contributed by atoms with Crippen molar-refractivity contribution in [1.82, 2.24) is 9.94 Å². The van der Waals surface area contributed by atoms with E-state index in [9.17, 15) is 13.2 Å². The van der Waals surface area contributed by atoms with Crippen LogP contribution >= 0.6 is 0 Å². The second-order valence-corrected chi connectivity index (χ2v) is 4.96. The number of alkyl halides is 3. The van der Waals surface area contributed by atoms with E-state index in [0.717, 1.165) is 11.1 Å². The highest BCUT2D eigenvalue weighted by molar-refractivity contribution is 5.62. The topological polar surface area (TPSA) is 36.3 Å². The minimum absolute atomic E-state index is 0.265. The lowest BCUT2D eigenvalue weighted by Crippen LogP contribution is -2.16. The maximum atomic E-state index is 12.1. The Labute approximate surface area is 136 Å². The van der Waals surface area contributed by atoms with Gasteiger partial charge in [0.1, 0.15) is 12.4 Å². The summed E-state index contributed by atoms with van der Waals surface area (Å²) < 4.78 is 40.3. The average Bonchev–Trinajstić information content (AvgIpc) is 3.02. The Balaban J connectivity index is 1.64. The molecule has 24 heavy (non-hydrogen) atoms. The van der Waals surface area contributed by atoms with E-state index in [0.29, 0.717) is 12.2 Å². The van der Waals surface area contributed by atoms with E-state index in [-0.39, 0.29) is 5.75 Å². The maximum Gasteiger partial charge on any atom is 0.573 e. The van der Waals surface area contributed by atoms with E-state index in [4.69, 9.17) is 4.84 Å². The van der Waals surface area contributed by atoms with Crippen molar-refractivity contribution >= 4 is 0 Å². The molecule has 0 saturated heterocycles. The van der Waals surface area contributed by atoms with Crippen LogP contribution in [0.3, 0.4) is 0 Å². The largest absolute Gasteiger partial charge is 0.573 e. The molecule has 3 rings (SSSR count). The number of aromatic nitrogens is 2. The highest BCUT2D eigenvalue weighted by Gasteiger charge is 2.30. The van der Waals surface area contributed by atoms with Gasteiger partial charge in [0.2, 0.25) is 0 Å². The normalized spacial score (nSPS) is 11.3. The Morgan fingerprint density at radius 1 is 0.917 bits per heavy atom. The van der Waals surface area contributed by atoms with E-state index in [1.165, 1.54) is 29.1 Å². The predicted octanol–water partition coefficient (Wildman–Crippen LogP) is 4.08. The van der Waals surface area contributed by atoms with Gasteiger partial charge in [-0.25, -0.2) is 0 Å². The zero-order chi connectivity index (χ0) is 17.0. The Morgan fingerprint density at radius 2 is 1.62 bits per heavy atom. The minimum Gasteiger partial charge on any atom is -0.406 e. The summed E-state index contributed by atoms with van der Waals surface area (Å²) >= 11 is 0. The smallest absolute Gasteiger partial charge is 0.406 e. The summed E-state index contributed by atoms with van der Waals surface area (Å²) in [6.07, 6.45) is -1.47. The first-order valence-corrected chi connectivity index (χ1v) is 7.08. The number of benzene rings is 2. The number of hydrogen-bond acceptors (Lipinski definition) is 3. The van der Waals surface area contributed by atoms with Crippen molar-refractivity contribution in [3.63, 3.8) is 0 Å². The standard InChI is InChI=1S/C17H13F3N2O2/c18-17(19,20)24-16-8-6-14(7-9-16)15-10-21-22(11-15)23-12-13-4-2-1-3-5-13/h1-11H,12H2. The van der Waals surface area contributed by atoms with Crippen LogP contribution in [0.1, 0.15) is 5.56 Å². The molecule has 0 unspecified atom stereocenters. The molecule has 7 heteroatoms. The molecule has 124 valence electrons. The van der Waals surface area contributed by atoms with Crippen LogP contribution < -0.4 is 9.57 Å². The number of hydrogen-bond donors (Lipinski definition) is 0. The van der Waals surface area contributed by atoms with Crippen molar-refractivity contribution in [2.24, 2.45) is 0 Å². The first kappa shape index (κ1) is 15.9. The van der Waals surface area contributed by atoms with Gasteiger partial charge in [0, 0.05) is 5.56 Å². The van der Waals surface area contributed by atoms with E-state index in [1.54, 1.807) is 12.4 Å². The molecule has 0 saturated carbocycles. The van der Waals surface area contributed by atoms with Crippen LogP contribution in [-0.2, 0) is 6.61 Å². The third-order valence-electron chi connectivity index (χ3n) is 3.19. The highest BCUT2D eigenvalue weighted by atomic mass is 19.4. The quantitative estimate of drug-likeness (QED) is 0.705. The SMILES string of the molecule is FC(F)(F)Oc1ccc(-c2cnn(OCc3ccccc3)c2)cc1. The van der Waals surface area contributed by atoms with Crippen LogP contribution in [0.25, 0.3) is 11.1 Å². The molecule has 0 aliphatic heterocycles. The lowest BCUT2D eigenvalue weighted by Gasteiger charge is -2.08. The predicted molar refractivity (Wildman–Crippen MR) is 81.1 cm³/mol. The summed E-state index contributed by atoms with van der Waals surface area (Å²) in [5.74, 6) is -0.265. The van der Waals surface area contributed by atoms with Crippen molar-refractivity contribution < 1.29 is 22.7 Å². The van der Waals surface area contributed by atoms with Gasteiger partial charge in [-0.05, 0) is 23.3 Å². The fourth-order valence-corrected chi connectivity index (χ4v) is 2.09. The summed E-state index contributed by atoms with van der Waals surface area (Å²) in [7, 11) is 0. The number of rotatable bonds is 5. The Morgan fingerprint density at radius 3 is 2.29 bits per heavy atom. The summed E-state index contributed by atoms with van der Waals surface area (Å²) in [5, 5.41) is 4.07. The summed E-state index contributed by atoms with van der Waals surface area (Å²) in [6.45, 7) is 0.361. The first-order chi connectivity index (χ1) is 11.5. The van der Waals surface area contributed by atoms with E-state index in [2.05, 4.69) is 9.84 Å². The van der Waals surface area contributed by atoms with Crippen molar-refractivity contribution in [2.45, 2.75) is 13.0 Å². The first-order valence-electron chi connectivity index (χ1n) is 7.08. The van der Waals surface area contributed by atoms with Gasteiger partial charge in [-0.1, -0.05) is 42.5 Å². The number of ether oxygens (including phenoxy) is 1. The fraction of sp³-hybridized carbons (Fsp3) is 0.118. The monoisotopic (exact) mass is 334 g/mol. The molecule has 0 aliphatic carbocycles. The lowest BCUT2D eigenvalue weighted by molar-refractivity contribution is -0.274. The fourth-order valence-electron chi connectivity index (χ4n) is 2.09. The summed E-state index contributed by atoms with van der Waals surface area (Å²) in [4.78, 5) is 6.84. The Bertz CT molecular complexity index is 784. The van der Waals surface area contributed by atoms with Crippen molar-refractivity contribution in [2.75, 3.05) is 0 Å². The molecule has 0 amide bonds. The van der Waals surface area contributed by atoms with E-state index in [1.807, 2.05) is 30.3 Å². The molecule has 0 bridgehead atoms. The third kappa shape index (κ3) is 4.28. The van der Waals surface area contributed by atoms with Crippen molar-refractivity contribution in [3.05, 3.63) is 72.6 Å². The molecule has 0 aliphatic rings. The van der Waals surface area contributed by atoms with Crippen LogP contribution in [0.15, 0.2) is 67.0 Å². The zero-order valence-electron chi connectivity index (χ0n) is 12.4. The van der Waals surface area contributed by atoms with Crippen LogP contribution in [0.5, 0.6) is 5.75 Å². The van der Waals surface area contributed by atoms with E-state index < -0.39 is 6.36 Å². The Hall–Kier alpha value is -2.96. The Kier molecular flexibility index (Phi) is 4.41. The lowest BCUT2D eigenvalue weighted by atomic mass is 10.1. The van der Waals surface area contributed by atoms with Gasteiger partial charge in [0.15, 0.2) is 0 Å². The third-order valence-corrected chi connectivity index (χ3v) is 3.19. The molecule has 1 aromatic heterocycles. The molecule has 0 fully saturated rings. The molecule has 3 aromatic rings. The highest BCUT2D eigenvalue weighted by Crippen LogP contribution is 2.26. The summed E-state index contributed by atoms with van der Waals surface area (Å²) in [6, 6.07) is 15.2. The second-order valence-electron chi connectivity index (χ2n) is 4.96. The van der Waals surface area contributed by atoms with Crippen LogP contribution in [0.4, 0.5) is 13.2 Å². The second kappa shape index (κ2) is 6.66. The van der Waals surface area contributed by atoms with Gasteiger partial charge in [0.25, 0.3) is 0 Å². The van der Waals surface area contributed by atoms with Crippen LogP contribution in [0.2, 0.25) is 0 Å².